The third-order valence-electron chi connectivity index (χ3n) is 2.94. The van der Waals surface area contributed by atoms with Crippen LogP contribution in [0, 0.1) is 0 Å². The molecule has 3 heteroatoms. The van der Waals surface area contributed by atoms with Crippen molar-refractivity contribution in [2.24, 2.45) is 4.99 Å². The molecule has 1 aliphatic heterocycles. The van der Waals surface area contributed by atoms with E-state index in [0.29, 0.717) is 13.2 Å². The lowest BCUT2D eigenvalue weighted by Gasteiger charge is -2.07. The highest BCUT2D eigenvalue weighted by atomic mass is 16.5. The maximum atomic E-state index is 5.73. The lowest BCUT2D eigenvalue weighted by molar-refractivity contribution is 0.306. The fourth-order valence-electron chi connectivity index (χ4n) is 1.94. The van der Waals surface area contributed by atoms with Crippen LogP contribution in [-0.4, -0.2) is 19.0 Å². The van der Waals surface area contributed by atoms with Gasteiger partial charge >= 0.3 is 0 Å². The Kier molecular flexibility index (Phi) is 3.45. The van der Waals surface area contributed by atoms with Gasteiger partial charge in [-0.2, -0.15) is 0 Å². The summed E-state index contributed by atoms with van der Waals surface area (Å²) in [6, 6.07) is 18.0. The normalized spacial score (nSPS) is 13.8. The summed E-state index contributed by atoms with van der Waals surface area (Å²) in [5, 5.41) is 0. The molecule has 0 unspecified atom stereocenters. The first-order valence-corrected chi connectivity index (χ1v) is 6.36. The van der Waals surface area contributed by atoms with E-state index in [-0.39, 0.29) is 0 Å². The molecule has 0 spiro atoms. The highest BCUT2D eigenvalue weighted by Gasteiger charge is 2.09. The van der Waals surface area contributed by atoms with E-state index in [4.69, 9.17) is 9.47 Å². The van der Waals surface area contributed by atoms with Gasteiger partial charge in [0, 0.05) is 5.56 Å². The second-order valence-electron chi connectivity index (χ2n) is 4.33. The lowest BCUT2D eigenvalue weighted by atomic mass is 10.2. The van der Waals surface area contributed by atoms with Crippen LogP contribution >= 0.6 is 0 Å². The molecule has 0 fully saturated rings. The van der Waals surface area contributed by atoms with Gasteiger partial charge in [-0.3, -0.25) is 0 Å². The topological polar surface area (TPSA) is 30.8 Å². The molecule has 0 atom stereocenters. The summed E-state index contributed by atoms with van der Waals surface area (Å²) in [7, 11) is 0. The fraction of sp³-hybridized carbons (Fsp3) is 0.188. The Balaban J connectivity index is 1.63. The fourth-order valence-corrected chi connectivity index (χ4v) is 1.94. The third-order valence-corrected chi connectivity index (χ3v) is 2.94. The summed E-state index contributed by atoms with van der Waals surface area (Å²) in [6.07, 6.45) is 0. The predicted molar refractivity (Wildman–Crippen MR) is 74.6 cm³/mol. The average Bonchev–Trinajstić information content (AvgIpc) is 3.01. The molecule has 0 aliphatic carbocycles. The molecule has 2 aromatic rings. The molecule has 3 nitrogen and oxygen atoms in total. The largest absolute Gasteiger partial charge is 0.489 e. The number of nitrogens with zero attached hydrogens (tertiary/aromatic N) is 1. The summed E-state index contributed by atoms with van der Waals surface area (Å²) >= 11 is 0. The smallest absolute Gasteiger partial charge is 0.216 e. The Morgan fingerprint density at radius 2 is 1.79 bits per heavy atom. The van der Waals surface area contributed by atoms with E-state index in [1.54, 1.807) is 0 Å². The van der Waals surface area contributed by atoms with Gasteiger partial charge in [0.1, 0.15) is 19.0 Å². The first kappa shape index (κ1) is 11.8. The molecule has 0 bridgehead atoms. The molecule has 1 heterocycles. The molecule has 0 saturated heterocycles. The summed E-state index contributed by atoms with van der Waals surface area (Å²) in [5.74, 6) is 1.58. The van der Waals surface area contributed by atoms with E-state index in [1.165, 1.54) is 0 Å². The maximum absolute atomic E-state index is 5.73. The van der Waals surface area contributed by atoms with Crippen molar-refractivity contribution in [3.05, 3.63) is 65.7 Å². The Morgan fingerprint density at radius 3 is 2.47 bits per heavy atom. The molecule has 19 heavy (non-hydrogen) atoms. The quantitative estimate of drug-likeness (QED) is 0.838. The van der Waals surface area contributed by atoms with Crippen molar-refractivity contribution in [1.82, 2.24) is 0 Å². The van der Waals surface area contributed by atoms with Gasteiger partial charge in [0.25, 0.3) is 0 Å². The minimum atomic E-state index is 0.581. The number of aliphatic imine (C=N–C) groups is 1. The van der Waals surface area contributed by atoms with Crippen molar-refractivity contribution in [3.8, 4) is 5.75 Å². The second kappa shape index (κ2) is 5.57. The van der Waals surface area contributed by atoms with Gasteiger partial charge in [-0.15, -0.1) is 0 Å². The summed E-state index contributed by atoms with van der Waals surface area (Å²) in [5.41, 5.74) is 2.17. The van der Waals surface area contributed by atoms with Crippen LogP contribution in [0.15, 0.2) is 59.6 Å². The van der Waals surface area contributed by atoms with E-state index >= 15 is 0 Å². The monoisotopic (exact) mass is 253 g/mol. The molecule has 2 aromatic carbocycles. The van der Waals surface area contributed by atoms with Crippen molar-refractivity contribution < 1.29 is 9.47 Å². The molecule has 0 aromatic heterocycles. The average molecular weight is 253 g/mol. The highest BCUT2D eigenvalue weighted by molar-refractivity contribution is 5.94. The Morgan fingerprint density at radius 1 is 1.00 bits per heavy atom. The Bertz CT molecular complexity index is 561. The van der Waals surface area contributed by atoms with Crippen LogP contribution < -0.4 is 4.74 Å². The van der Waals surface area contributed by atoms with Crippen LogP contribution in [0.5, 0.6) is 5.75 Å². The summed E-state index contributed by atoms with van der Waals surface area (Å²) in [4.78, 5) is 4.28. The number of hydrogen-bond acceptors (Lipinski definition) is 3. The number of ether oxygens (including phenoxy) is 2. The minimum Gasteiger partial charge on any atom is -0.489 e. The molecular formula is C16H15NO2. The van der Waals surface area contributed by atoms with Crippen molar-refractivity contribution >= 4 is 5.90 Å². The van der Waals surface area contributed by atoms with Crippen molar-refractivity contribution in [2.45, 2.75) is 6.61 Å². The van der Waals surface area contributed by atoms with E-state index in [2.05, 4.69) is 17.1 Å². The predicted octanol–water partition coefficient (Wildman–Crippen LogP) is 3.04. The maximum Gasteiger partial charge on any atom is 0.216 e. The van der Waals surface area contributed by atoms with Crippen LogP contribution in [0.2, 0.25) is 0 Å². The zero-order chi connectivity index (χ0) is 12.9. The van der Waals surface area contributed by atoms with Gasteiger partial charge in [-0.1, -0.05) is 30.3 Å². The zero-order valence-corrected chi connectivity index (χ0v) is 10.6. The Labute approximate surface area is 112 Å². The number of rotatable bonds is 4. The molecule has 0 saturated carbocycles. The Hall–Kier alpha value is -2.29. The van der Waals surface area contributed by atoms with Crippen molar-refractivity contribution in [3.63, 3.8) is 0 Å². The molecule has 0 N–H and O–H groups in total. The van der Waals surface area contributed by atoms with E-state index in [9.17, 15) is 0 Å². The zero-order valence-electron chi connectivity index (χ0n) is 10.6. The number of benzene rings is 2. The van der Waals surface area contributed by atoms with E-state index in [0.717, 1.165) is 29.3 Å². The van der Waals surface area contributed by atoms with Crippen molar-refractivity contribution in [1.29, 1.82) is 0 Å². The molecule has 1 aliphatic rings. The lowest BCUT2D eigenvalue weighted by Crippen LogP contribution is -2.01. The molecule has 0 radical (unpaired) electrons. The van der Waals surface area contributed by atoms with Crippen LogP contribution in [0.4, 0.5) is 0 Å². The van der Waals surface area contributed by atoms with Gasteiger partial charge in [-0.05, 0) is 29.8 Å². The molecule has 96 valence electrons. The van der Waals surface area contributed by atoms with Crippen LogP contribution in [0.25, 0.3) is 0 Å². The van der Waals surface area contributed by atoms with Gasteiger partial charge in [0.15, 0.2) is 0 Å². The van der Waals surface area contributed by atoms with Crippen LogP contribution in [0.3, 0.4) is 0 Å². The second-order valence-corrected chi connectivity index (χ2v) is 4.33. The SMILES string of the molecule is c1ccc(COc2ccc(C3=NCCO3)cc2)cc1. The minimum absolute atomic E-state index is 0.581. The van der Waals surface area contributed by atoms with Gasteiger partial charge in [0.05, 0.1) is 6.54 Å². The van der Waals surface area contributed by atoms with Crippen molar-refractivity contribution in [2.75, 3.05) is 13.2 Å². The first-order chi connectivity index (χ1) is 9.42. The highest BCUT2D eigenvalue weighted by Crippen LogP contribution is 2.16. The standard InChI is InChI=1S/C16H15NO2/c1-2-4-13(5-3-1)12-19-15-8-6-14(7-9-15)16-17-10-11-18-16/h1-9H,10-12H2. The van der Waals surface area contributed by atoms with Gasteiger partial charge in [-0.25, -0.2) is 4.99 Å². The van der Waals surface area contributed by atoms with Gasteiger partial charge < -0.3 is 9.47 Å². The van der Waals surface area contributed by atoms with Gasteiger partial charge in [0.2, 0.25) is 5.90 Å². The first-order valence-electron chi connectivity index (χ1n) is 6.36. The molecule has 0 amide bonds. The summed E-state index contributed by atoms with van der Waals surface area (Å²) < 4.78 is 11.1. The number of hydrogen-bond donors (Lipinski definition) is 0. The third kappa shape index (κ3) is 2.94. The van der Waals surface area contributed by atoms with Crippen LogP contribution in [-0.2, 0) is 11.3 Å². The summed E-state index contributed by atoms with van der Waals surface area (Å²) in [6.45, 7) is 2.01. The van der Waals surface area contributed by atoms with E-state index < -0.39 is 0 Å². The van der Waals surface area contributed by atoms with E-state index in [1.807, 2.05) is 42.5 Å². The van der Waals surface area contributed by atoms with Crippen LogP contribution in [0.1, 0.15) is 11.1 Å². The molecule has 3 rings (SSSR count). The molecular weight excluding hydrogens is 238 g/mol.